The number of carbonyl (C=O) groups is 2. The largest absolute Gasteiger partial charge is 0.351 e. The molecule has 1 amide bonds. The molecule has 188 valence electrons. The Balaban J connectivity index is 1.41. The van der Waals surface area contributed by atoms with Crippen LogP contribution in [0.4, 0.5) is 28.9 Å². The number of hydrogen-bond acceptors (Lipinski definition) is 5. The summed E-state index contributed by atoms with van der Waals surface area (Å²) < 4.78 is 56.6. The number of carbonyl (C=O) groups excluding carboxylic acids is 2. The molecular formula is C26H24F4N4O2. The normalized spacial score (nSPS) is 14.3. The zero-order valence-corrected chi connectivity index (χ0v) is 19.7. The third-order valence-electron chi connectivity index (χ3n) is 6.12. The maximum atomic E-state index is 14.7. The van der Waals surface area contributed by atoms with Crippen LogP contribution in [-0.4, -0.2) is 21.7 Å². The number of alkyl halides is 2. The third-order valence-corrected chi connectivity index (χ3v) is 6.12. The molecule has 1 fully saturated rings. The van der Waals surface area contributed by atoms with Gasteiger partial charge in [0.1, 0.15) is 11.6 Å². The minimum Gasteiger partial charge on any atom is -0.351 e. The van der Waals surface area contributed by atoms with Crippen LogP contribution in [0.2, 0.25) is 0 Å². The van der Waals surface area contributed by atoms with Gasteiger partial charge in [-0.1, -0.05) is 12.1 Å². The van der Waals surface area contributed by atoms with E-state index in [9.17, 15) is 27.2 Å². The molecule has 0 aliphatic heterocycles. The van der Waals surface area contributed by atoms with E-state index in [0.717, 1.165) is 36.0 Å². The molecule has 3 aromatic rings. The summed E-state index contributed by atoms with van der Waals surface area (Å²) in [5.74, 6) is -5.62. The van der Waals surface area contributed by atoms with Gasteiger partial charge in [0.05, 0.1) is 35.2 Å². The highest BCUT2D eigenvalue weighted by molar-refractivity contribution is 6.00. The van der Waals surface area contributed by atoms with E-state index >= 15 is 0 Å². The van der Waals surface area contributed by atoms with Gasteiger partial charge in [0.15, 0.2) is 5.78 Å². The summed E-state index contributed by atoms with van der Waals surface area (Å²) >= 11 is 0. The highest BCUT2D eigenvalue weighted by Gasteiger charge is 2.51. The molecule has 36 heavy (non-hydrogen) atoms. The van der Waals surface area contributed by atoms with Crippen molar-refractivity contribution >= 4 is 23.1 Å². The van der Waals surface area contributed by atoms with E-state index in [4.69, 9.17) is 0 Å². The van der Waals surface area contributed by atoms with Crippen molar-refractivity contribution in [2.24, 2.45) is 5.41 Å². The second kappa shape index (κ2) is 9.67. The Morgan fingerprint density at radius 1 is 1.08 bits per heavy atom. The average molecular weight is 500 g/mol. The number of hydrogen-bond donors (Lipinski definition) is 2. The first kappa shape index (κ1) is 25.3. The Hall–Kier alpha value is -3.82. The summed E-state index contributed by atoms with van der Waals surface area (Å²) in [5, 5.41) is 5.10. The number of Topliss-reactive ketones (excluding diaryl/α,β-unsaturated/α-hetero) is 1. The van der Waals surface area contributed by atoms with Crippen molar-refractivity contribution in [3.05, 3.63) is 82.9 Å². The first-order valence-corrected chi connectivity index (χ1v) is 11.3. The minimum atomic E-state index is -3.32. The summed E-state index contributed by atoms with van der Waals surface area (Å²) in [7, 11) is 0. The number of aromatic nitrogens is 2. The Kier molecular flexibility index (Phi) is 6.79. The number of nitrogens with zero attached hydrogens (tertiary/aromatic N) is 2. The Morgan fingerprint density at radius 3 is 2.47 bits per heavy atom. The van der Waals surface area contributed by atoms with Gasteiger partial charge in [-0.3, -0.25) is 19.6 Å². The van der Waals surface area contributed by atoms with Crippen molar-refractivity contribution < 1.29 is 27.2 Å². The Labute approximate surface area is 205 Å². The average Bonchev–Trinajstić information content (AvgIpc) is 3.59. The molecule has 1 saturated carbocycles. The number of nitrogens with one attached hydrogen (secondary N) is 2. The second-order valence-corrected chi connectivity index (χ2v) is 9.14. The number of amides is 1. The van der Waals surface area contributed by atoms with Crippen molar-refractivity contribution in [2.75, 3.05) is 5.32 Å². The van der Waals surface area contributed by atoms with Gasteiger partial charge in [0, 0.05) is 42.9 Å². The van der Waals surface area contributed by atoms with Crippen LogP contribution in [-0.2, 0) is 17.3 Å². The van der Waals surface area contributed by atoms with Crippen molar-refractivity contribution in [3.63, 3.8) is 0 Å². The van der Waals surface area contributed by atoms with Crippen LogP contribution in [0.3, 0.4) is 0 Å². The highest BCUT2D eigenvalue weighted by atomic mass is 19.3. The molecule has 0 spiro atoms. The van der Waals surface area contributed by atoms with E-state index in [1.54, 1.807) is 12.3 Å². The number of aryl methyl sites for hydroxylation is 1. The third kappa shape index (κ3) is 5.53. The minimum absolute atomic E-state index is 0.0236. The van der Waals surface area contributed by atoms with Gasteiger partial charge in [-0.05, 0) is 37.5 Å². The lowest BCUT2D eigenvalue weighted by molar-refractivity contribution is -0.126. The summed E-state index contributed by atoms with van der Waals surface area (Å²) in [6, 6.07) is 5.95. The summed E-state index contributed by atoms with van der Waals surface area (Å²) in [6.07, 6.45) is 5.36. The molecule has 2 aromatic heterocycles. The fourth-order valence-electron chi connectivity index (χ4n) is 3.93. The zero-order chi connectivity index (χ0) is 26.1. The standard InChI is InChI=1S/C26H24F4N4O2/c1-15-8-16(12-31-11-15)22(35)10-26(6-7-26)24(36)33-14-21-20(28)9-17(13-32-21)34-23-18(25(2,29)30)4-3-5-19(23)27/h3-5,8-9,11-13,34H,6-7,10,14H2,1-2H3,(H,33,36). The van der Waals surface area contributed by atoms with E-state index in [1.807, 2.05) is 6.92 Å². The van der Waals surface area contributed by atoms with Crippen LogP contribution in [0.15, 0.2) is 48.9 Å². The quantitative estimate of drug-likeness (QED) is 0.296. The number of halogens is 4. The van der Waals surface area contributed by atoms with Crippen molar-refractivity contribution in [3.8, 4) is 0 Å². The summed E-state index contributed by atoms with van der Waals surface area (Å²) in [5.41, 5.74) is -0.747. The number of para-hydroxylation sites is 1. The van der Waals surface area contributed by atoms with Gasteiger partial charge in [-0.15, -0.1) is 0 Å². The summed E-state index contributed by atoms with van der Waals surface area (Å²) in [4.78, 5) is 33.3. The van der Waals surface area contributed by atoms with Crippen LogP contribution in [0.5, 0.6) is 0 Å². The SMILES string of the molecule is Cc1cncc(C(=O)CC2(C(=O)NCc3ncc(Nc4c(F)cccc4C(C)(F)F)cc3F)CC2)c1. The molecule has 0 atom stereocenters. The number of rotatable bonds is 9. The second-order valence-electron chi connectivity index (χ2n) is 9.14. The number of anilines is 2. The Morgan fingerprint density at radius 2 is 1.83 bits per heavy atom. The van der Waals surface area contributed by atoms with E-state index in [0.29, 0.717) is 25.3 Å². The summed E-state index contributed by atoms with van der Waals surface area (Å²) in [6.45, 7) is 2.22. The number of pyridine rings is 2. The maximum Gasteiger partial charge on any atom is 0.272 e. The molecule has 1 aromatic carbocycles. The highest BCUT2D eigenvalue weighted by Crippen LogP contribution is 2.49. The van der Waals surface area contributed by atoms with Crippen LogP contribution in [0.25, 0.3) is 0 Å². The first-order chi connectivity index (χ1) is 17.0. The maximum absolute atomic E-state index is 14.7. The molecule has 2 N–H and O–H groups in total. The van der Waals surface area contributed by atoms with Crippen LogP contribution in [0.1, 0.15) is 53.4 Å². The Bertz CT molecular complexity index is 1320. The predicted molar refractivity (Wildman–Crippen MR) is 125 cm³/mol. The molecule has 10 heteroatoms. The molecule has 0 radical (unpaired) electrons. The van der Waals surface area contributed by atoms with Gasteiger partial charge in [-0.25, -0.2) is 17.6 Å². The lowest BCUT2D eigenvalue weighted by atomic mass is 9.95. The van der Waals surface area contributed by atoms with Gasteiger partial charge in [0.2, 0.25) is 5.91 Å². The molecular weight excluding hydrogens is 476 g/mol. The lowest BCUT2D eigenvalue weighted by Crippen LogP contribution is -2.33. The number of ketones is 1. The van der Waals surface area contributed by atoms with E-state index < -0.39 is 34.2 Å². The molecule has 4 rings (SSSR count). The monoisotopic (exact) mass is 500 g/mol. The zero-order valence-electron chi connectivity index (χ0n) is 19.7. The molecule has 0 unspecified atom stereocenters. The van der Waals surface area contributed by atoms with E-state index in [1.165, 1.54) is 6.20 Å². The fourth-order valence-corrected chi connectivity index (χ4v) is 3.93. The molecule has 2 heterocycles. The van der Waals surface area contributed by atoms with Gasteiger partial charge in [0.25, 0.3) is 5.92 Å². The first-order valence-electron chi connectivity index (χ1n) is 11.3. The van der Waals surface area contributed by atoms with Crippen LogP contribution < -0.4 is 10.6 Å². The van der Waals surface area contributed by atoms with Crippen molar-refractivity contribution in [2.45, 2.75) is 45.6 Å². The van der Waals surface area contributed by atoms with E-state index in [-0.39, 0.29) is 36.0 Å². The topological polar surface area (TPSA) is 84.0 Å². The van der Waals surface area contributed by atoms with Crippen molar-refractivity contribution in [1.82, 2.24) is 15.3 Å². The lowest BCUT2D eigenvalue weighted by Gasteiger charge is -2.18. The molecule has 0 bridgehead atoms. The predicted octanol–water partition coefficient (Wildman–Crippen LogP) is 5.59. The van der Waals surface area contributed by atoms with Gasteiger partial charge in [-0.2, -0.15) is 0 Å². The molecule has 1 aliphatic rings. The van der Waals surface area contributed by atoms with Gasteiger partial charge >= 0.3 is 0 Å². The molecule has 0 saturated heterocycles. The molecule has 1 aliphatic carbocycles. The van der Waals surface area contributed by atoms with Gasteiger partial charge < -0.3 is 10.6 Å². The fraction of sp³-hybridized carbons (Fsp3) is 0.308. The van der Waals surface area contributed by atoms with Crippen LogP contribution >= 0.6 is 0 Å². The van der Waals surface area contributed by atoms with E-state index in [2.05, 4.69) is 20.6 Å². The van der Waals surface area contributed by atoms with Crippen molar-refractivity contribution in [1.29, 1.82) is 0 Å². The smallest absolute Gasteiger partial charge is 0.272 e. The number of benzene rings is 1. The molecule has 6 nitrogen and oxygen atoms in total. The van der Waals surface area contributed by atoms with Crippen LogP contribution in [0, 0.1) is 24.0 Å².